The Hall–Kier alpha value is -0.890. The molecule has 1 aromatic heterocycles. The second-order valence-corrected chi connectivity index (χ2v) is 4.48. The van der Waals surface area contributed by atoms with Gasteiger partial charge in [-0.25, -0.2) is 0 Å². The van der Waals surface area contributed by atoms with Crippen LogP contribution in [0, 0.1) is 0 Å². The van der Waals surface area contributed by atoms with E-state index in [0.717, 1.165) is 13.0 Å². The second-order valence-electron chi connectivity index (χ2n) is 4.48. The summed E-state index contributed by atoms with van der Waals surface area (Å²) in [6.07, 6.45) is 3.11. The lowest BCUT2D eigenvalue weighted by molar-refractivity contribution is 0.311. The highest BCUT2D eigenvalue weighted by atomic mass is 15.1. The van der Waals surface area contributed by atoms with Crippen LogP contribution in [0.5, 0.6) is 0 Å². The first-order chi connectivity index (χ1) is 6.68. The molecule has 0 fully saturated rings. The summed E-state index contributed by atoms with van der Waals surface area (Å²) >= 11 is 0. The third-order valence-electron chi connectivity index (χ3n) is 2.92. The lowest BCUT2D eigenvalue weighted by Gasteiger charge is -2.27. The van der Waals surface area contributed by atoms with Crippen LogP contribution in [-0.2, 0) is 13.0 Å². The lowest BCUT2D eigenvalue weighted by Crippen LogP contribution is -2.27. The molecule has 0 N–H and O–H groups in total. The molecule has 0 bridgehead atoms. The largest absolute Gasteiger partial charge is 0.302 e. The van der Waals surface area contributed by atoms with Gasteiger partial charge in [-0.15, -0.1) is 0 Å². The van der Waals surface area contributed by atoms with E-state index >= 15 is 0 Å². The normalized spacial score (nSPS) is 17.1. The van der Waals surface area contributed by atoms with Crippen LogP contribution in [-0.4, -0.2) is 23.5 Å². The van der Waals surface area contributed by atoms with E-state index in [0.29, 0.717) is 5.92 Å². The number of rotatable bonds is 1. The Balaban J connectivity index is 2.41. The van der Waals surface area contributed by atoms with E-state index in [4.69, 9.17) is 0 Å². The van der Waals surface area contributed by atoms with Gasteiger partial charge in [-0.1, -0.05) is 13.8 Å². The Labute approximate surface area is 86.0 Å². The topological polar surface area (TPSA) is 16.1 Å². The molecule has 0 unspecified atom stereocenters. The molecule has 1 aliphatic rings. The Bertz CT molecular complexity index is 331. The maximum Gasteiger partial charge on any atom is 0.0464 e. The van der Waals surface area contributed by atoms with Crippen LogP contribution in [0.3, 0.4) is 0 Å². The zero-order valence-electron chi connectivity index (χ0n) is 9.25. The molecule has 0 saturated carbocycles. The van der Waals surface area contributed by atoms with Crippen molar-refractivity contribution in [2.24, 2.45) is 0 Å². The second kappa shape index (κ2) is 3.70. The summed E-state index contributed by atoms with van der Waals surface area (Å²) in [6, 6.07) is 2.16. The van der Waals surface area contributed by atoms with Crippen LogP contribution in [0.15, 0.2) is 12.3 Å². The third-order valence-corrected chi connectivity index (χ3v) is 2.92. The third kappa shape index (κ3) is 1.67. The van der Waals surface area contributed by atoms with E-state index < -0.39 is 0 Å². The molecule has 0 radical (unpaired) electrons. The molecule has 0 amide bonds. The molecule has 2 heterocycles. The van der Waals surface area contributed by atoms with Crippen molar-refractivity contribution in [1.82, 2.24) is 9.88 Å². The molecule has 0 aliphatic carbocycles. The molecule has 0 aromatic carbocycles. The average Bonchev–Trinajstić information content (AvgIpc) is 2.16. The van der Waals surface area contributed by atoms with Crippen LogP contribution in [0.1, 0.15) is 36.6 Å². The lowest BCUT2D eigenvalue weighted by atomic mass is 9.94. The van der Waals surface area contributed by atoms with Crippen molar-refractivity contribution in [3.05, 3.63) is 29.1 Å². The van der Waals surface area contributed by atoms with Gasteiger partial charge in [-0.2, -0.15) is 0 Å². The Morgan fingerprint density at radius 2 is 2.21 bits per heavy atom. The molecule has 2 heteroatoms. The number of pyridine rings is 1. The number of aromatic nitrogens is 1. The van der Waals surface area contributed by atoms with Gasteiger partial charge in [0.05, 0.1) is 0 Å². The molecule has 76 valence electrons. The summed E-state index contributed by atoms with van der Waals surface area (Å²) in [7, 11) is 2.18. The van der Waals surface area contributed by atoms with Gasteiger partial charge in [0.1, 0.15) is 0 Å². The van der Waals surface area contributed by atoms with Gasteiger partial charge in [-0.3, -0.25) is 4.98 Å². The summed E-state index contributed by atoms with van der Waals surface area (Å²) < 4.78 is 0. The smallest absolute Gasteiger partial charge is 0.0464 e. The first-order valence-electron chi connectivity index (χ1n) is 5.33. The van der Waals surface area contributed by atoms with Gasteiger partial charge in [0.15, 0.2) is 0 Å². The minimum Gasteiger partial charge on any atom is -0.302 e. The molecule has 1 aliphatic heterocycles. The Morgan fingerprint density at radius 3 is 2.93 bits per heavy atom. The van der Waals surface area contributed by atoms with E-state index in [1.54, 1.807) is 0 Å². The van der Waals surface area contributed by atoms with Crippen molar-refractivity contribution >= 4 is 0 Å². The van der Waals surface area contributed by atoms with E-state index in [2.05, 4.69) is 36.8 Å². The molecule has 1 aromatic rings. The van der Waals surface area contributed by atoms with Gasteiger partial charge >= 0.3 is 0 Å². The maximum absolute atomic E-state index is 4.50. The van der Waals surface area contributed by atoms with Crippen molar-refractivity contribution in [3.8, 4) is 0 Å². The summed E-state index contributed by atoms with van der Waals surface area (Å²) in [5.74, 6) is 0.549. The molecule has 14 heavy (non-hydrogen) atoms. The monoisotopic (exact) mass is 190 g/mol. The predicted octanol–water partition coefficient (Wildman–Crippen LogP) is 2.19. The number of hydrogen-bond acceptors (Lipinski definition) is 2. The van der Waals surface area contributed by atoms with Crippen molar-refractivity contribution in [2.75, 3.05) is 13.6 Å². The van der Waals surface area contributed by atoms with Crippen LogP contribution < -0.4 is 0 Å². The van der Waals surface area contributed by atoms with Crippen LogP contribution in [0.4, 0.5) is 0 Å². The standard InChI is InChI=1S/C12H18N2/c1-9(2)12-11-5-7-14(3)8-10(11)4-6-13-12/h4,6,9H,5,7-8H2,1-3H3. The molecular formula is C12H18N2. The first-order valence-corrected chi connectivity index (χ1v) is 5.33. The minimum atomic E-state index is 0.549. The highest BCUT2D eigenvalue weighted by molar-refractivity contribution is 5.33. The zero-order chi connectivity index (χ0) is 10.1. The number of likely N-dealkylation sites (N-methyl/N-ethyl adjacent to an activating group) is 1. The van der Waals surface area contributed by atoms with Gasteiger partial charge < -0.3 is 4.90 Å². The molecule has 0 saturated heterocycles. The molecular weight excluding hydrogens is 172 g/mol. The van der Waals surface area contributed by atoms with Crippen molar-refractivity contribution in [2.45, 2.75) is 32.7 Å². The van der Waals surface area contributed by atoms with Crippen molar-refractivity contribution in [3.63, 3.8) is 0 Å². The fraction of sp³-hybridized carbons (Fsp3) is 0.583. The zero-order valence-corrected chi connectivity index (χ0v) is 9.25. The molecule has 0 atom stereocenters. The highest BCUT2D eigenvalue weighted by Gasteiger charge is 2.17. The number of fused-ring (bicyclic) bond motifs is 1. The maximum atomic E-state index is 4.50. The SMILES string of the molecule is CC(C)c1nccc2c1CCN(C)C2. The van der Waals surface area contributed by atoms with Gasteiger partial charge in [0.25, 0.3) is 0 Å². The minimum absolute atomic E-state index is 0.549. The van der Waals surface area contributed by atoms with Crippen LogP contribution in [0.25, 0.3) is 0 Å². The first kappa shape index (κ1) is 9.66. The van der Waals surface area contributed by atoms with E-state index in [9.17, 15) is 0 Å². The number of nitrogens with zero attached hydrogens (tertiary/aromatic N) is 2. The summed E-state index contributed by atoms with van der Waals surface area (Å²) in [5.41, 5.74) is 4.27. The van der Waals surface area contributed by atoms with E-state index in [-0.39, 0.29) is 0 Å². The fourth-order valence-corrected chi connectivity index (χ4v) is 2.16. The summed E-state index contributed by atoms with van der Waals surface area (Å²) in [6.45, 7) is 6.69. The van der Waals surface area contributed by atoms with E-state index in [1.165, 1.54) is 23.4 Å². The van der Waals surface area contributed by atoms with Gasteiger partial charge in [0.2, 0.25) is 0 Å². The molecule has 2 rings (SSSR count). The van der Waals surface area contributed by atoms with Crippen molar-refractivity contribution in [1.29, 1.82) is 0 Å². The number of hydrogen-bond donors (Lipinski definition) is 0. The summed E-state index contributed by atoms with van der Waals surface area (Å²) in [4.78, 5) is 6.87. The van der Waals surface area contributed by atoms with E-state index in [1.807, 2.05) is 6.20 Å². The quantitative estimate of drug-likeness (QED) is 0.675. The van der Waals surface area contributed by atoms with Gasteiger partial charge in [-0.05, 0) is 36.6 Å². The molecule has 2 nitrogen and oxygen atoms in total. The van der Waals surface area contributed by atoms with Crippen LogP contribution in [0.2, 0.25) is 0 Å². The Morgan fingerprint density at radius 1 is 1.43 bits per heavy atom. The van der Waals surface area contributed by atoms with Crippen LogP contribution >= 0.6 is 0 Å². The van der Waals surface area contributed by atoms with Gasteiger partial charge in [0, 0.05) is 25.0 Å². The predicted molar refractivity (Wildman–Crippen MR) is 58.4 cm³/mol. The fourth-order valence-electron chi connectivity index (χ4n) is 2.16. The molecule has 0 spiro atoms. The summed E-state index contributed by atoms with van der Waals surface area (Å²) in [5, 5.41) is 0. The van der Waals surface area contributed by atoms with Crippen molar-refractivity contribution < 1.29 is 0 Å². The average molecular weight is 190 g/mol. The Kier molecular flexibility index (Phi) is 2.55. The highest BCUT2D eigenvalue weighted by Crippen LogP contribution is 2.24.